The van der Waals surface area contributed by atoms with Gasteiger partial charge < -0.3 is 117 Å². The maximum Gasteiger partial charge on any atom is 0.305 e. The molecule has 15 atom stereocenters. The van der Waals surface area contributed by atoms with E-state index in [0.29, 0.717) is 44.9 Å². The number of aliphatic carboxylic acids is 1. The minimum absolute atomic E-state index is 0.00110. The number of aliphatic hydroxyl groups is 1. The second-order valence-corrected chi connectivity index (χ2v) is 36.6. The number of nitrogens with two attached hydrogens (primary N) is 3. The molecule has 2 aliphatic heterocycles. The van der Waals surface area contributed by atoms with E-state index in [1.54, 1.807) is 127 Å². The van der Waals surface area contributed by atoms with Crippen molar-refractivity contribution in [2.24, 2.45) is 40.9 Å². The number of carboxylic acids is 1. The van der Waals surface area contributed by atoms with Crippen molar-refractivity contribution in [3.63, 3.8) is 0 Å². The van der Waals surface area contributed by atoms with Crippen molar-refractivity contribution in [3.05, 3.63) is 162 Å². The third kappa shape index (κ3) is 32.8. The Bertz CT molecular complexity index is 5200. The van der Waals surface area contributed by atoms with E-state index >= 15 is 38.4 Å². The maximum atomic E-state index is 15.5. The van der Waals surface area contributed by atoms with Gasteiger partial charge in [0, 0.05) is 55.1 Å². The zero-order valence-electron chi connectivity index (χ0n) is 77.5. The molecule has 2 fully saturated rings. The van der Waals surface area contributed by atoms with Gasteiger partial charge in [-0.2, -0.15) is 0 Å². The fourth-order valence-electron chi connectivity index (χ4n) is 15.6. The van der Waals surface area contributed by atoms with Gasteiger partial charge in [-0.25, -0.2) is 0 Å². The van der Waals surface area contributed by atoms with Gasteiger partial charge in [0.25, 0.3) is 0 Å². The summed E-state index contributed by atoms with van der Waals surface area (Å²) in [7, 11) is 0. The standard InChI is InChI=1S/C95H127N19O21S/c1-50(2)38-65-82(122)106-69(41-56-28-32-59(33-29-56)58-22-14-11-15-23-58)89(129)113-79(52(5)6)93(133)102-64(26-18-36-96)95(135)114-37-19-27-75(114)92(132)109-71(44-76(97)117)86(126)104-66(39-51(3)4)88(128)112-80(53(7)8)94(134)110-73(47-115)90(130)111-74(91(131)100-54(9)81(98)121)48-136-49-77(118)101-67(40-55-20-12-10-13-21-55)83(123)105-68(42-57-30-34-61(116)35-31-57)84(124)108-72(45-78(119)120)87(127)107-70(85(125)103-65)43-60-46-99-63-25-17-16-24-62(60)63/h10-17,20-25,28-35,46,50-54,64-75,79-80,99,115-116H,18-19,26-27,36-45,47-49,96H2,1-9H3,(H2,97,117)(H2,98,121)(H,100,131)(H,101,118)(H,102,133)(H,103,125)(H,104,126)(H,105,123)(H,106,122)(H,107,127)(H,108,124)(H,109,132)(H,110,134)(H,111,130)(H,112,128)(H,113,129)(H,119,120)/t54-,64-,65-,66-,67-,68-,69-,70-,71-,72-,73-,74-,75+,79-,80-/m0/s1. The van der Waals surface area contributed by atoms with Gasteiger partial charge in [-0.15, -0.1) is 11.8 Å². The number of nitrogens with zero attached hydrogens (tertiary/aromatic N) is 1. The van der Waals surface area contributed by atoms with Crippen LogP contribution in [-0.4, -0.2) is 253 Å². The molecule has 0 spiro atoms. The molecule has 8 rings (SSSR count). The van der Waals surface area contributed by atoms with E-state index in [9.17, 15) is 63.3 Å². The Labute approximate surface area is 791 Å². The topological polar surface area (TPSA) is 633 Å². The van der Waals surface area contributed by atoms with Crippen molar-refractivity contribution in [2.45, 2.75) is 230 Å². The maximum absolute atomic E-state index is 15.5. The minimum atomic E-state index is -2.07. The SMILES string of the molecule is CC(C)C[C@@H]1NC(=O)[C@H](Cc2c[nH]c3ccccc23)NC(=O)[C@H](CC(=O)O)NC(=O)[C@H](Cc2ccc(O)cc2)NC(=O)[C@H](Cc2ccccc2)NC(=O)CSC[C@@H](C(=O)N[C@@H](C)C(N)=O)NC(=O)[C@H](CO)NC(=O)[C@H](C(C)C)NC(=O)[C@H](CC(C)C)NC(=O)[C@H](CC(N)=O)NC(=O)[C@H]2CCCN2C(=O)[C@H](CCCN)NC(=O)[C@H](C(C)C)NC(=O)[C@H](Cc2ccc(-c3ccccc3)cc2)NC1=O. The predicted octanol–water partition coefficient (Wildman–Crippen LogP) is -0.673. The number of phenols is 1. The van der Waals surface area contributed by atoms with Crippen LogP contribution in [0.5, 0.6) is 5.75 Å². The van der Waals surface area contributed by atoms with E-state index in [1.165, 1.54) is 49.9 Å². The summed E-state index contributed by atoms with van der Waals surface area (Å²) in [6, 6.07) is 12.6. The van der Waals surface area contributed by atoms with E-state index in [2.05, 4.69) is 79.4 Å². The molecule has 2 aliphatic rings. The quantitative estimate of drug-likeness (QED) is 0.0320. The molecule has 734 valence electrons. The zero-order chi connectivity index (χ0) is 99.7. The van der Waals surface area contributed by atoms with Crippen molar-refractivity contribution in [1.82, 2.24) is 84.3 Å². The fourth-order valence-corrected chi connectivity index (χ4v) is 16.5. The first-order valence-electron chi connectivity index (χ1n) is 45.3. The number of rotatable bonds is 26. The fraction of sp³-hybridized carbons (Fsp3) is 0.474. The Morgan fingerprint density at radius 2 is 0.890 bits per heavy atom. The van der Waals surface area contributed by atoms with Crippen LogP contribution in [0.3, 0.4) is 0 Å². The Hall–Kier alpha value is -13.8. The number of carbonyl (C=O) groups is 18. The van der Waals surface area contributed by atoms with Crippen molar-refractivity contribution < 1.29 is 102 Å². The zero-order valence-corrected chi connectivity index (χ0v) is 78.4. The van der Waals surface area contributed by atoms with Crippen LogP contribution in [0.15, 0.2) is 140 Å². The Morgan fingerprint density at radius 1 is 0.463 bits per heavy atom. The molecule has 0 unspecified atom stereocenters. The number of para-hydroxylation sites is 1. The first-order chi connectivity index (χ1) is 64.6. The first-order valence-corrected chi connectivity index (χ1v) is 46.5. The van der Waals surface area contributed by atoms with Gasteiger partial charge in [0.1, 0.15) is 96.4 Å². The monoisotopic (exact) mass is 1900 g/mol. The molecule has 136 heavy (non-hydrogen) atoms. The number of fused-ring (bicyclic) bond motifs is 2. The Morgan fingerprint density at radius 3 is 1.40 bits per heavy atom. The lowest BCUT2D eigenvalue weighted by Gasteiger charge is -2.32. The number of aromatic nitrogens is 1. The van der Waals surface area contributed by atoms with Crippen LogP contribution in [0.4, 0.5) is 0 Å². The number of hydrogen-bond donors (Lipinski definition) is 21. The lowest BCUT2D eigenvalue weighted by molar-refractivity contribution is -0.143. The average Bonchev–Trinajstić information content (AvgIpc) is 1.52. The summed E-state index contributed by atoms with van der Waals surface area (Å²) in [4.78, 5) is 265. The Kier molecular flexibility index (Phi) is 41.2. The van der Waals surface area contributed by atoms with Gasteiger partial charge >= 0.3 is 5.97 Å². The van der Waals surface area contributed by atoms with Gasteiger partial charge in [-0.1, -0.05) is 171 Å². The highest BCUT2D eigenvalue weighted by Gasteiger charge is 2.44. The molecule has 24 N–H and O–H groups in total. The van der Waals surface area contributed by atoms with Crippen LogP contribution in [0.1, 0.15) is 136 Å². The van der Waals surface area contributed by atoms with Crippen LogP contribution in [-0.2, 0) is 112 Å². The van der Waals surface area contributed by atoms with Crippen LogP contribution in [0.25, 0.3) is 22.0 Å². The summed E-state index contributed by atoms with van der Waals surface area (Å²) < 4.78 is 0. The van der Waals surface area contributed by atoms with Crippen molar-refractivity contribution in [2.75, 3.05) is 31.2 Å². The third-order valence-electron chi connectivity index (χ3n) is 22.9. The number of carboxylic acid groups (broad SMARTS) is 1. The van der Waals surface area contributed by atoms with E-state index in [-0.39, 0.29) is 82.5 Å². The number of carbonyl (C=O) groups excluding carboxylic acids is 17. The molecule has 2 saturated heterocycles. The van der Waals surface area contributed by atoms with E-state index in [0.717, 1.165) is 11.1 Å². The molecule has 1 aromatic heterocycles. The van der Waals surface area contributed by atoms with Crippen molar-refractivity contribution in [1.29, 1.82) is 0 Å². The number of H-pyrrole nitrogens is 1. The summed E-state index contributed by atoms with van der Waals surface area (Å²) >= 11 is 0.704. The second kappa shape index (κ2) is 52.2. The molecule has 5 aromatic carbocycles. The van der Waals surface area contributed by atoms with Crippen LogP contribution < -0.4 is 91.6 Å². The van der Waals surface area contributed by atoms with Gasteiger partial charge in [0.2, 0.25) is 100 Å². The number of aliphatic hydroxyl groups excluding tert-OH is 1. The summed E-state index contributed by atoms with van der Waals surface area (Å²) in [6.45, 7) is 13.2. The lowest BCUT2D eigenvalue weighted by atomic mass is 9.97. The molecule has 41 heteroatoms. The van der Waals surface area contributed by atoms with Gasteiger partial charge in [0.05, 0.1) is 25.2 Å². The molecular formula is C95H127N19O21S. The number of benzene rings is 5. The number of primary amides is 2. The largest absolute Gasteiger partial charge is 0.508 e. The van der Waals surface area contributed by atoms with Gasteiger partial charge in [-0.3, -0.25) is 86.3 Å². The van der Waals surface area contributed by atoms with Crippen molar-refractivity contribution in [3.8, 4) is 16.9 Å². The van der Waals surface area contributed by atoms with E-state index in [4.69, 9.17) is 17.2 Å². The highest BCUT2D eigenvalue weighted by atomic mass is 32.2. The van der Waals surface area contributed by atoms with E-state index < -0.39 is 252 Å². The minimum Gasteiger partial charge on any atom is -0.508 e. The number of amides is 17. The highest BCUT2D eigenvalue weighted by Crippen LogP contribution is 2.26. The van der Waals surface area contributed by atoms with Gasteiger partial charge in [0.15, 0.2) is 0 Å². The number of aromatic hydroxyl groups is 1. The van der Waals surface area contributed by atoms with Crippen molar-refractivity contribution >= 4 is 129 Å². The summed E-state index contributed by atoms with van der Waals surface area (Å²) in [5.41, 5.74) is 21.2. The molecule has 0 saturated carbocycles. The molecule has 17 amide bonds. The van der Waals surface area contributed by atoms with Crippen LogP contribution in [0, 0.1) is 23.7 Å². The van der Waals surface area contributed by atoms with Gasteiger partial charge in [-0.05, 0) is 127 Å². The number of hydrogen-bond acceptors (Lipinski definition) is 22. The number of thioether (sulfide) groups is 1. The lowest BCUT2D eigenvalue weighted by Crippen LogP contribution is -2.62. The van der Waals surface area contributed by atoms with Crippen LogP contribution >= 0.6 is 11.8 Å². The normalized spacial score (nSPS) is 23.7. The predicted molar refractivity (Wildman–Crippen MR) is 504 cm³/mol. The Balaban J connectivity index is 1.20. The van der Waals surface area contributed by atoms with Crippen LogP contribution in [0.2, 0.25) is 0 Å². The molecule has 6 aromatic rings. The average molecular weight is 1900 g/mol. The molecule has 0 bridgehead atoms. The number of aromatic amines is 1. The molecular weight excluding hydrogens is 1780 g/mol. The third-order valence-corrected chi connectivity index (χ3v) is 24.0. The first kappa shape index (κ1) is 108. The highest BCUT2D eigenvalue weighted by molar-refractivity contribution is 8.00. The number of phenolic OH excluding ortho intramolecular Hbond substituents is 1. The molecule has 0 radical (unpaired) electrons. The second-order valence-electron chi connectivity index (χ2n) is 35.6. The van der Waals surface area contributed by atoms with E-state index in [1.807, 2.05) is 30.3 Å². The smallest absolute Gasteiger partial charge is 0.305 e. The molecule has 0 aliphatic carbocycles. The summed E-state index contributed by atoms with van der Waals surface area (Å²) in [5.74, 6) is -22.7. The molecule has 40 nitrogen and oxygen atoms in total. The summed E-state index contributed by atoms with van der Waals surface area (Å²) in [5, 5.41) is 68.5. The summed E-state index contributed by atoms with van der Waals surface area (Å²) in [6.07, 6.45) is -1.73. The number of nitrogens with one attached hydrogen (secondary N) is 15. The molecule has 3 heterocycles.